The Morgan fingerprint density at radius 2 is 2.21 bits per heavy atom. The summed E-state index contributed by atoms with van der Waals surface area (Å²) in [6.45, 7) is 4.63. The Balaban J connectivity index is 1.59. The maximum Gasteiger partial charge on any atom is 0.206 e. The highest BCUT2D eigenvalue weighted by Crippen LogP contribution is 2.31. The van der Waals surface area contributed by atoms with Crippen molar-refractivity contribution < 1.29 is 9.15 Å². The van der Waals surface area contributed by atoms with Gasteiger partial charge in [0.2, 0.25) is 5.13 Å². The van der Waals surface area contributed by atoms with Crippen molar-refractivity contribution >= 4 is 28.2 Å². The van der Waals surface area contributed by atoms with Gasteiger partial charge in [0.1, 0.15) is 11.5 Å². The van der Waals surface area contributed by atoms with Crippen molar-refractivity contribution in [2.45, 2.75) is 30.5 Å². The molecule has 3 aromatic heterocycles. The van der Waals surface area contributed by atoms with E-state index in [-0.39, 0.29) is 0 Å². The fourth-order valence-electron chi connectivity index (χ4n) is 2.26. The third-order valence-electron chi connectivity index (χ3n) is 3.48. The largest absolute Gasteiger partial charge is 0.496 e. The van der Waals surface area contributed by atoms with Gasteiger partial charge in [-0.1, -0.05) is 23.1 Å². The number of rotatable bonds is 7. The van der Waals surface area contributed by atoms with Crippen molar-refractivity contribution in [3.8, 4) is 5.75 Å². The van der Waals surface area contributed by atoms with Gasteiger partial charge in [0.05, 0.1) is 25.6 Å². The summed E-state index contributed by atoms with van der Waals surface area (Å²) < 4.78 is 11.6. The number of nitrogens with one attached hydrogen (secondary N) is 1. The molecule has 6 nitrogen and oxygen atoms in total. The van der Waals surface area contributed by atoms with Gasteiger partial charge in [-0.3, -0.25) is 4.98 Å². The third kappa shape index (κ3) is 3.88. The van der Waals surface area contributed by atoms with E-state index in [1.54, 1.807) is 25.1 Å². The molecule has 0 atom stereocenters. The molecule has 0 saturated heterocycles. The van der Waals surface area contributed by atoms with Gasteiger partial charge in [0.15, 0.2) is 4.34 Å². The van der Waals surface area contributed by atoms with E-state index in [9.17, 15) is 0 Å². The Morgan fingerprint density at radius 1 is 1.33 bits per heavy atom. The van der Waals surface area contributed by atoms with Crippen molar-refractivity contribution in [3.63, 3.8) is 0 Å². The summed E-state index contributed by atoms with van der Waals surface area (Å²) in [6.07, 6.45) is 3.50. The first-order chi connectivity index (χ1) is 11.7. The van der Waals surface area contributed by atoms with E-state index in [4.69, 9.17) is 9.15 Å². The number of hydrogen-bond acceptors (Lipinski definition) is 8. The lowest BCUT2D eigenvalue weighted by Crippen LogP contribution is -1.98. The average Bonchev–Trinajstić information content (AvgIpc) is 3.24. The highest BCUT2D eigenvalue weighted by molar-refractivity contribution is 8.00. The second-order valence-electron chi connectivity index (χ2n) is 5.14. The van der Waals surface area contributed by atoms with E-state index < -0.39 is 0 Å². The van der Waals surface area contributed by atoms with E-state index in [1.165, 1.54) is 11.3 Å². The second-order valence-corrected chi connectivity index (χ2v) is 7.34. The molecule has 3 aromatic rings. The predicted molar refractivity (Wildman–Crippen MR) is 95.8 cm³/mol. The van der Waals surface area contributed by atoms with Gasteiger partial charge in [-0.25, -0.2) is 0 Å². The van der Waals surface area contributed by atoms with Crippen LogP contribution in [0.5, 0.6) is 5.75 Å². The Bertz CT molecular complexity index is 803. The molecule has 1 N–H and O–H groups in total. The Kier molecular flexibility index (Phi) is 5.37. The minimum atomic E-state index is 0.599. The molecule has 126 valence electrons. The normalized spacial score (nSPS) is 10.8. The number of furan rings is 1. The van der Waals surface area contributed by atoms with Crippen LogP contribution in [0.15, 0.2) is 33.3 Å². The molecule has 0 spiro atoms. The molecule has 0 fully saturated rings. The smallest absolute Gasteiger partial charge is 0.206 e. The fourth-order valence-corrected chi connectivity index (χ4v) is 4.03. The summed E-state index contributed by atoms with van der Waals surface area (Å²) in [5, 5.41) is 12.3. The van der Waals surface area contributed by atoms with Crippen LogP contribution in [0.4, 0.5) is 5.13 Å². The lowest BCUT2D eigenvalue weighted by atomic mass is 10.1. The predicted octanol–water partition coefficient (Wildman–Crippen LogP) is 4.06. The van der Waals surface area contributed by atoms with E-state index >= 15 is 0 Å². The number of thioether (sulfide) groups is 1. The standard InChI is InChI=1S/C16H18N4O2S2/c1-10-7-17-13(11(2)14(10)21-3)9-23-16-20-19-15(24-16)18-8-12-5-4-6-22-12/h4-7H,8-9H2,1-3H3,(H,18,19). The monoisotopic (exact) mass is 362 g/mol. The lowest BCUT2D eigenvalue weighted by molar-refractivity contribution is 0.407. The first-order valence-corrected chi connectivity index (χ1v) is 9.19. The number of hydrogen-bond donors (Lipinski definition) is 1. The molecule has 8 heteroatoms. The quantitative estimate of drug-likeness (QED) is 0.635. The topological polar surface area (TPSA) is 73.1 Å². The average molecular weight is 362 g/mol. The zero-order valence-corrected chi connectivity index (χ0v) is 15.3. The highest BCUT2D eigenvalue weighted by Gasteiger charge is 2.11. The highest BCUT2D eigenvalue weighted by atomic mass is 32.2. The molecule has 0 amide bonds. The van der Waals surface area contributed by atoms with Gasteiger partial charge >= 0.3 is 0 Å². The number of aryl methyl sites for hydroxylation is 1. The van der Waals surface area contributed by atoms with Gasteiger partial charge in [0, 0.05) is 23.1 Å². The molecule has 0 aliphatic heterocycles. The van der Waals surface area contributed by atoms with Gasteiger partial charge < -0.3 is 14.5 Å². The summed E-state index contributed by atoms with van der Waals surface area (Å²) >= 11 is 3.14. The molecule has 0 aromatic carbocycles. The van der Waals surface area contributed by atoms with Crippen molar-refractivity contribution in [3.05, 3.63) is 47.2 Å². The van der Waals surface area contributed by atoms with Crippen LogP contribution in [-0.2, 0) is 12.3 Å². The van der Waals surface area contributed by atoms with Crippen LogP contribution in [0.25, 0.3) is 0 Å². The minimum absolute atomic E-state index is 0.599. The summed E-state index contributed by atoms with van der Waals surface area (Å²) in [6, 6.07) is 3.78. The molecule has 0 radical (unpaired) electrons. The Hall–Kier alpha value is -2.06. The van der Waals surface area contributed by atoms with Crippen molar-refractivity contribution in [1.82, 2.24) is 15.2 Å². The maximum absolute atomic E-state index is 5.45. The van der Waals surface area contributed by atoms with Gasteiger partial charge in [-0.2, -0.15) is 0 Å². The van der Waals surface area contributed by atoms with Crippen LogP contribution in [0.3, 0.4) is 0 Å². The lowest BCUT2D eigenvalue weighted by Gasteiger charge is -2.11. The third-order valence-corrected chi connectivity index (χ3v) is 5.51. The molecule has 3 heterocycles. The van der Waals surface area contributed by atoms with Crippen molar-refractivity contribution in [1.29, 1.82) is 0 Å². The number of anilines is 1. The fraction of sp³-hybridized carbons (Fsp3) is 0.312. The summed E-state index contributed by atoms with van der Waals surface area (Å²) in [5.74, 6) is 2.50. The summed E-state index contributed by atoms with van der Waals surface area (Å²) in [4.78, 5) is 4.51. The molecular weight excluding hydrogens is 344 g/mol. The molecular formula is C16H18N4O2S2. The van der Waals surface area contributed by atoms with Crippen LogP contribution in [0.2, 0.25) is 0 Å². The van der Waals surface area contributed by atoms with Crippen LogP contribution in [0.1, 0.15) is 22.6 Å². The SMILES string of the molecule is COc1c(C)cnc(CSc2nnc(NCc3ccco3)s2)c1C. The first-order valence-electron chi connectivity index (χ1n) is 7.39. The number of ether oxygens (including phenoxy) is 1. The van der Waals surface area contributed by atoms with Crippen molar-refractivity contribution in [2.24, 2.45) is 0 Å². The number of methoxy groups -OCH3 is 1. The van der Waals surface area contributed by atoms with Crippen LogP contribution >= 0.6 is 23.1 Å². The van der Waals surface area contributed by atoms with E-state index in [0.29, 0.717) is 6.54 Å². The van der Waals surface area contributed by atoms with Gasteiger partial charge in [-0.15, -0.1) is 10.2 Å². The van der Waals surface area contributed by atoms with Gasteiger partial charge in [-0.05, 0) is 26.0 Å². The maximum atomic E-state index is 5.45. The van der Waals surface area contributed by atoms with E-state index in [0.717, 1.165) is 43.6 Å². The summed E-state index contributed by atoms with van der Waals surface area (Å²) in [5.41, 5.74) is 3.12. The van der Waals surface area contributed by atoms with Gasteiger partial charge in [0.25, 0.3) is 0 Å². The molecule has 0 aliphatic rings. The molecule has 0 bridgehead atoms. The number of nitrogens with zero attached hydrogens (tertiary/aromatic N) is 3. The van der Waals surface area contributed by atoms with Crippen LogP contribution < -0.4 is 10.1 Å². The Labute approximate surface area is 148 Å². The molecule has 0 aliphatic carbocycles. The Morgan fingerprint density at radius 3 is 2.96 bits per heavy atom. The van der Waals surface area contributed by atoms with Crippen LogP contribution in [0, 0.1) is 13.8 Å². The summed E-state index contributed by atoms with van der Waals surface area (Å²) in [7, 11) is 1.69. The number of pyridine rings is 1. The molecule has 0 unspecified atom stereocenters. The van der Waals surface area contributed by atoms with E-state index in [1.807, 2.05) is 32.2 Å². The molecule has 0 saturated carbocycles. The molecule has 24 heavy (non-hydrogen) atoms. The van der Waals surface area contributed by atoms with E-state index in [2.05, 4.69) is 20.5 Å². The second kappa shape index (κ2) is 7.67. The zero-order valence-electron chi connectivity index (χ0n) is 13.7. The zero-order chi connectivity index (χ0) is 16.9. The molecule has 3 rings (SSSR count). The first kappa shape index (κ1) is 16.8. The van der Waals surface area contributed by atoms with Crippen LogP contribution in [-0.4, -0.2) is 22.3 Å². The number of aromatic nitrogens is 3. The minimum Gasteiger partial charge on any atom is -0.496 e. The van der Waals surface area contributed by atoms with Crippen molar-refractivity contribution in [2.75, 3.05) is 12.4 Å².